The summed E-state index contributed by atoms with van der Waals surface area (Å²) in [5.74, 6) is 0. The molecule has 50 valence electrons. The summed E-state index contributed by atoms with van der Waals surface area (Å²) in [4.78, 5) is 11.9. The molecule has 1 amide bonds. The van der Waals surface area contributed by atoms with Crippen LogP contribution < -0.4 is 5.32 Å². The average Bonchev–Trinajstić information content (AvgIpc) is 2.13. The molecule has 0 aromatic carbocycles. The molecule has 1 heterocycles. The van der Waals surface area contributed by atoms with Gasteiger partial charge in [0.2, 0.25) is 6.41 Å². The molecule has 1 fully saturated rings. The lowest BCUT2D eigenvalue weighted by molar-refractivity contribution is -0.117. The van der Waals surface area contributed by atoms with Crippen LogP contribution in [0.4, 0.5) is 0 Å². The molecule has 0 aliphatic carbocycles. The SMILES string of the molecule is O=CN1C[CH+]CNCC1. The molecular formula is C6H11N2O+. The minimum Gasteiger partial charge on any atom is -0.305 e. The zero-order valence-electron chi connectivity index (χ0n) is 5.34. The molecule has 0 aromatic rings. The molecular weight excluding hydrogens is 116 g/mol. The molecule has 9 heavy (non-hydrogen) atoms. The molecule has 3 nitrogen and oxygen atoms in total. The van der Waals surface area contributed by atoms with Gasteiger partial charge in [0.15, 0.2) is 6.54 Å². The zero-order chi connectivity index (χ0) is 6.53. The standard InChI is InChI=1S/C6H11N2O/c9-6-8-4-1-2-7-3-5-8/h1,6-7H,2-5H2/q+1. The lowest BCUT2D eigenvalue weighted by Crippen LogP contribution is -2.26. The summed E-state index contributed by atoms with van der Waals surface area (Å²) in [6.45, 7) is 3.45. The third-order valence-electron chi connectivity index (χ3n) is 1.38. The molecule has 0 unspecified atom stereocenters. The van der Waals surface area contributed by atoms with E-state index in [1.54, 1.807) is 4.90 Å². The van der Waals surface area contributed by atoms with E-state index in [4.69, 9.17) is 0 Å². The van der Waals surface area contributed by atoms with Crippen LogP contribution in [0.25, 0.3) is 0 Å². The van der Waals surface area contributed by atoms with E-state index in [2.05, 4.69) is 11.7 Å². The van der Waals surface area contributed by atoms with Crippen molar-refractivity contribution in [2.75, 3.05) is 26.2 Å². The van der Waals surface area contributed by atoms with Crippen molar-refractivity contribution in [3.63, 3.8) is 0 Å². The summed E-state index contributed by atoms with van der Waals surface area (Å²) >= 11 is 0. The van der Waals surface area contributed by atoms with Crippen LogP contribution in [0.2, 0.25) is 0 Å². The number of rotatable bonds is 1. The average molecular weight is 127 g/mol. The van der Waals surface area contributed by atoms with E-state index < -0.39 is 0 Å². The number of carbonyl (C=O) groups excluding carboxylic acids is 1. The first-order valence-electron chi connectivity index (χ1n) is 3.15. The molecule has 3 heteroatoms. The van der Waals surface area contributed by atoms with Crippen LogP contribution in [0.3, 0.4) is 0 Å². The second kappa shape index (κ2) is 3.35. The number of nitrogens with one attached hydrogen (secondary N) is 1. The quantitative estimate of drug-likeness (QED) is 0.371. The van der Waals surface area contributed by atoms with Crippen molar-refractivity contribution in [2.24, 2.45) is 0 Å². The van der Waals surface area contributed by atoms with Crippen molar-refractivity contribution in [3.05, 3.63) is 6.42 Å². The van der Waals surface area contributed by atoms with E-state index in [1.165, 1.54) is 0 Å². The molecule has 0 saturated carbocycles. The second-order valence-electron chi connectivity index (χ2n) is 2.09. The molecule has 0 spiro atoms. The van der Waals surface area contributed by atoms with Gasteiger partial charge in [-0.25, -0.2) is 0 Å². The summed E-state index contributed by atoms with van der Waals surface area (Å²) in [5.41, 5.74) is 0. The Kier molecular flexibility index (Phi) is 2.39. The summed E-state index contributed by atoms with van der Waals surface area (Å²) in [6, 6.07) is 0. The first kappa shape index (κ1) is 6.42. The third-order valence-corrected chi connectivity index (χ3v) is 1.38. The van der Waals surface area contributed by atoms with Crippen LogP contribution in [0.1, 0.15) is 0 Å². The van der Waals surface area contributed by atoms with E-state index >= 15 is 0 Å². The maximum absolute atomic E-state index is 10.2. The Morgan fingerprint density at radius 2 is 2.56 bits per heavy atom. The van der Waals surface area contributed by atoms with Crippen molar-refractivity contribution >= 4 is 6.41 Å². The van der Waals surface area contributed by atoms with E-state index in [0.717, 1.165) is 32.6 Å². The number of nitrogens with zero attached hydrogens (tertiary/aromatic N) is 1. The largest absolute Gasteiger partial charge is 0.305 e. The minimum atomic E-state index is 0.788. The Bertz CT molecular complexity index is 87.1. The van der Waals surface area contributed by atoms with Gasteiger partial charge in [-0.2, -0.15) is 0 Å². The predicted octanol–water partition coefficient (Wildman–Crippen LogP) is -0.748. The fourth-order valence-corrected chi connectivity index (χ4v) is 0.844. The van der Waals surface area contributed by atoms with Gasteiger partial charge in [-0.05, 0) is 0 Å². The van der Waals surface area contributed by atoms with Crippen molar-refractivity contribution in [3.8, 4) is 0 Å². The highest BCUT2D eigenvalue weighted by molar-refractivity contribution is 5.47. The van der Waals surface area contributed by atoms with Crippen LogP contribution in [0.15, 0.2) is 0 Å². The van der Waals surface area contributed by atoms with Crippen LogP contribution in [-0.2, 0) is 4.79 Å². The number of hydrogen-bond donors (Lipinski definition) is 1. The summed E-state index contributed by atoms with van der Waals surface area (Å²) < 4.78 is 0. The van der Waals surface area contributed by atoms with E-state index in [0.29, 0.717) is 0 Å². The van der Waals surface area contributed by atoms with Crippen molar-refractivity contribution in [1.29, 1.82) is 0 Å². The third kappa shape index (κ3) is 1.93. The molecule has 1 rings (SSSR count). The normalized spacial score (nSPS) is 20.2. The van der Waals surface area contributed by atoms with Gasteiger partial charge in [0.25, 0.3) is 0 Å². The fourth-order valence-electron chi connectivity index (χ4n) is 0.844. The van der Waals surface area contributed by atoms with Crippen molar-refractivity contribution in [2.45, 2.75) is 0 Å². The molecule has 1 aliphatic heterocycles. The van der Waals surface area contributed by atoms with Gasteiger partial charge in [-0.1, -0.05) is 0 Å². The molecule has 1 saturated heterocycles. The van der Waals surface area contributed by atoms with Gasteiger partial charge in [0, 0.05) is 13.1 Å². The monoisotopic (exact) mass is 127 g/mol. The van der Waals surface area contributed by atoms with Gasteiger partial charge in [-0.15, -0.1) is 0 Å². The molecule has 0 bridgehead atoms. The van der Waals surface area contributed by atoms with Crippen LogP contribution in [0.5, 0.6) is 0 Å². The maximum Gasteiger partial charge on any atom is 0.213 e. The summed E-state index contributed by atoms with van der Waals surface area (Å²) in [7, 11) is 0. The Labute approximate surface area is 55.0 Å². The van der Waals surface area contributed by atoms with Gasteiger partial charge in [-0.3, -0.25) is 10.1 Å². The highest BCUT2D eigenvalue weighted by Crippen LogP contribution is 1.88. The number of hydrogen-bond acceptors (Lipinski definition) is 2. The van der Waals surface area contributed by atoms with E-state index in [9.17, 15) is 4.79 Å². The van der Waals surface area contributed by atoms with Gasteiger partial charge in [0.05, 0.1) is 0 Å². The predicted molar refractivity (Wildman–Crippen MR) is 34.8 cm³/mol. The van der Waals surface area contributed by atoms with Crippen LogP contribution >= 0.6 is 0 Å². The summed E-state index contributed by atoms with van der Waals surface area (Å²) in [5, 5.41) is 3.16. The molecule has 1 aliphatic rings. The lowest BCUT2D eigenvalue weighted by Gasteiger charge is -2.06. The van der Waals surface area contributed by atoms with Crippen LogP contribution in [-0.4, -0.2) is 37.5 Å². The smallest absolute Gasteiger partial charge is 0.213 e. The van der Waals surface area contributed by atoms with Gasteiger partial charge in [0.1, 0.15) is 13.0 Å². The van der Waals surface area contributed by atoms with Gasteiger partial charge < -0.3 is 4.90 Å². The van der Waals surface area contributed by atoms with Crippen LogP contribution in [0, 0.1) is 6.42 Å². The first-order valence-corrected chi connectivity index (χ1v) is 3.15. The zero-order valence-corrected chi connectivity index (χ0v) is 5.34. The van der Waals surface area contributed by atoms with E-state index in [-0.39, 0.29) is 0 Å². The Morgan fingerprint density at radius 1 is 1.67 bits per heavy atom. The molecule has 0 aromatic heterocycles. The highest BCUT2D eigenvalue weighted by Gasteiger charge is 2.10. The first-order chi connectivity index (χ1) is 4.43. The lowest BCUT2D eigenvalue weighted by atomic mass is 10.4. The minimum absolute atomic E-state index is 0.788. The molecule has 0 radical (unpaired) electrons. The maximum atomic E-state index is 10.2. The number of carbonyl (C=O) groups is 1. The Hall–Kier alpha value is -0.700. The topological polar surface area (TPSA) is 32.3 Å². The molecule has 1 N–H and O–H groups in total. The number of amides is 1. The second-order valence-corrected chi connectivity index (χ2v) is 2.09. The Morgan fingerprint density at radius 3 is 3.33 bits per heavy atom. The Balaban J connectivity index is 2.26. The molecule has 0 atom stereocenters. The summed E-state index contributed by atoms with van der Waals surface area (Å²) in [6.07, 6.45) is 2.95. The fraction of sp³-hybridized carbons (Fsp3) is 0.667. The van der Waals surface area contributed by atoms with E-state index in [1.807, 2.05) is 0 Å². The van der Waals surface area contributed by atoms with Crippen molar-refractivity contribution in [1.82, 2.24) is 10.2 Å². The van der Waals surface area contributed by atoms with Gasteiger partial charge >= 0.3 is 0 Å². The highest BCUT2D eigenvalue weighted by atomic mass is 16.1. The van der Waals surface area contributed by atoms with Crippen molar-refractivity contribution < 1.29 is 4.79 Å².